The van der Waals surface area contributed by atoms with Crippen LogP contribution in [0.3, 0.4) is 0 Å². The van der Waals surface area contributed by atoms with Gasteiger partial charge in [-0.05, 0) is 38.0 Å². The van der Waals surface area contributed by atoms with Crippen molar-refractivity contribution in [2.24, 2.45) is 11.7 Å². The molecule has 124 valence electrons. The molecule has 1 heterocycles. The van der Waals surface area contributed by atoms with Crippen LogP contribution in [0.1, 0.15) is 58.3 Å². The molecule has 0 aromatic rings. The Labute approximate surface area is 135 Å². The third kappa shape index (κ3) is 5.42. The Kier molecular flexibility index (Phi) is 8.60. The van der Waals surface area contributed by atoms with Gasteiger partial charge in [-0.2, -0.15) is 0 Å². The summed E-state index contributed by atoms with van der Waals surface area (Å²) in [7, 11) is 0. The van der Waals surface area contributed by atoms with Crippen LogP contribution in [-0.2, 0) is 9.53 Å². The zero-order valence-electron chi connectivity index (χ0n) is 13.3. The van der Waals surface area contributed by atoms with E-state index >= 15 is 0 Å². The van der Waals surface area contributed by atoms with Gasteiger partial charge in [-0.25, -0.2) is 0 Å². The molecule has 2 aliphatic rings. The van der Waals surface area contributed by atoms with Crippen molar-refractivity contribution < 1.29 is 9.53 Å². The summed E-state index contributed by atoms with van der Waals surface area (Å²) < 4.78 is 5.77. The summed E-state index contributed by atoms with van der Waals surface area (Å²) in [6.07, 6.45) is 9.22. The first-order chi connectivity index (χ1) is 9.74. The maximum absolute atomic E-state index is 12.6. The van der Waals surface area contributed by atoms with Crippen LogP contribution in [0.25, 0.3) is 0 Å². The van der Waals surface area contributed by atoms with E-state index in [4.69, 9.17) is 10.5 Å². The summed E-state index contributed by atoms with van der Waals surface area (Å²) in [5.74, 6) is 0.902. The molecule has 5 heteroatoms. The number of hydrogen-bond acceptors (Lipinski definition) is 3. The third-order valence-electron chi connectivity index (χ3n) is 4.65. The molecule has 2 rings (SSSR count). The molecule has 1 amide bonds. The number of carbonyl (C=O) groups excluding carboxylic acids is 1. The van der Waals surface area contributed by atoms with E-state index in [1.807, 2.05) is 0 Å². The van der Waals surface area contributed by atoms with E-state index in [9.17, 15) is 4.79 Å². The number of halogens is 1. The van der Waals surface area contributed by atoms with E-state index in [2.05, 4.69) is 11.8 Å². The lowest BCUT2D eigenvalue weighted by Gasteiger charge is -2.31. The molecule has 21 heavy (non-hydrogen) atoms. The lowest BCUT2D eigenvalue weighted by Crippen LogP contribution is -2.43. The van der Waals surface area contributed by atoms with Gasteiger partial charge in [0.2, 0.25) is 0 Å². The van der Waals surface area contributed by atoms with Crippen LogP contribution < -0.4 is 5.73 Å². The Morgan fingerprint density at radius 1 is 1.19 bits per heavy atom. The molecule has 1 saturated carbocycles. The molecule has 0 unspecified atom stereocenters. The normalized spacial score (nSPS) is 26.4. The Bertz CT molecular complexity index is 309. The Balaban J connectivity index is 0.00000220. The smallest absolute Gasteiger partial charge is 0.251 e. The van der Waals surface area contributed by atoms with Crippen LogP contribution in [-0.4, -0.2) is 42.6 Å². The highest BCUT2D eigenvalue weighted by atomic mass is 35.5. The molecule has 0 aromatic carbocycles. The van der Waals surface area contributed by atoms with Crippen molar-refractivity contribution in [2.45, 2.75) is 70.5 Å². The maximum atomic E-state index is 12.6. The van der Waals surface area contributed by atoms with Crippen molar-refractivity contribution in [3.8, 4) is 0 Å². The van der Waals surface area contributed by atoms with Gasteiger partial charge in [0, 0.05) is 19.6 Å². The van der Waals surface area contributed by atoms with Gasteiger partial charge in [0.25, 0.3) is 5.91 Å². The van der Waals surface area contributed by atoms with Gasteiger partial charge in [0.1, 0.15) is 6.10 Å². The fourth-order valence-corrected chi connectivity index (χ4v) is 3.51. The number of amides is 1. The molecule has 2 fully saturated rings. The van der Waals surface area contributed by atoms with Crippen LogP contribution in [0.5, 0.6) is 0 Å². The van der Waals surface area contributed by atoms with Gasteiger partial charge in [0.05, 0.1) is 6.10 Å². The summed E-state index contributed by atoms with van der Waals surface area (Å²) in [5.41, 5.74) is 5.63. The maximum Gasteiger partial charge on any atom is 0.251 e. The predicted octanol–water partition coefficient (Wildman–Crippen LogP) is 2.73. The summed E-state index contributed by atoms with van der Waals surface area (Å²) in [6, 6.07) is 0. The highest BCUT2D eigenvalue weighted by Gasteiger charge is 2.33. The summed E-state index contributed by atoms with van der Waals surface area (Å²) >= 11 is 0. The van der Waals surface area contributed by atoms with Gasteiger partial charge in [-0.3, -0.25) is 4.79 Å². The van der Waals surface area contributed by atoms with Crippen LogP contribution in [0.15, 0.2) is 0 Å². The highest BCUT2D eigenvalue weighted by molar-refractivity contribution is 5.85. The van der Waals surface area contributed by atoms with Gasteiger partial charge >= 0.3 is 0 Å². The largest absolute Gasteiger partial charge is 0.364 e. The quantitative estimate of drug-likeness (QED) is 0.819. The number of carbonyl (C=O) groups is 1. The molecule has 0 spiro atoms. The van der Waals surface area contributed by atoms with E-state index in [1.165, 1.54) is 32.1 Å². The molecule has 2 atom stereocenters. The predicted molar refractivity (Wildman–Crippen MR) is 87.6 cm³/mol. The summed E-state index contributed by atoms with van der Waals surface area (Å²) in [4.78, 5) is 14.7. The van der Waals surface area contributed by atoms with Crippen LogP contribution >= 0.6 is 12.4 Å². The zero-order valence-corrected chi connectivity index (χ0v) is 14.1. The van der Waals surface area contributed by atoms with E-state index in [0.29, 0.717) is 12.5 Å². The van der Waals surface area contributed by atoms with Crippen molar-refractivity contribution in [1.82, 2.24) is 4.90 Å². The Hall–Kier alpha value is -0.320. The van der Waals surface area contributed by atoms with Crippen LogP contribution in [0, 0.1) is 5.92 Å². The van der Waals surface area contributed by atoms with Crippen molar-refractivity contribution >= 4 is 18.3 Å². The Morgan fingerprint density at radius 3 is 2.48 bits per heavy atom. The number of ether oxygens (including phenoxy) is 1. The van der Waals surface area contributed by atoms with Crippen LogP contribution in [0.2, 0.25) is 0 Å². The van der Waals surface area contributed by atoms with Gasteiger partial charge in [0.15, 0.2) is 0 Å². The topological polar surface area (TPSA) is 55.6 Å². The monoisotopic (exact) mass is 318 g/mol. The second kappa shape index (κ2) is 9.65. The molecule has 1 aliphatic heterocycles. The molecular weight excluding hydrogens is 288 g/mol. The third-order valence-corrected chi connectivity index (χ3v) is 4.65. The zero-order chi connectivity index (χ0) is 14.4. The number of nitrogens with zero attached hydrogens (tertiary/aromatic N) is 1. The molecule has 1 aliphatic carbocycles. The van der Waals surface area contributed by atoms with Gasteiger partial charge in [-0.1, -0.05) is 26.2 Å². The summed E-state index contributed by atoms with van der Waals surface area (Å²) in [5, 5.41) is 0. The van der Waals surface area contributed by atoms with Crippen molar-refractivity contribution in [1.29, 1.82) is 0 Å². The minimum Gasteiger partial charge on any atom is -0.364 e. The molecule has 0 radical (unpaired) electrons. The van der Waals surface area contributed by atoms with Crippen molar-refractivity contribution in [3.63, 3.8) is 0 Å². The average molecular weight is 319 g/mol. The first-order valence-electron chi connectivity index (χ1n) is 8.39. The lowest BCUT2D eigenvalue weighted by molar-refractivity contribution is -0.143. The highest BCUT2D eigenvalue weighted by Crippen LogP contribution is 2.26. The van der Waals surface area contributed by atoms with E-state index in [-0.39, 0.29) is 30.5 Å². The van der Waals surface area contributed by atoms with E-state index in [1.54, 1.807) is 0 Å². The van der Waals surface area contributed by atoms with E-state index in [0.717, 1.165) is 32.4 Å². The van der Waals surface area contributed by atoms with Crippen molar-refractivity contribution in [2.75, 3.05) is 19.6 Å². The number of hydrogen-bond donors (Lipinski definition) is 1. The average Bonchev–Trinajstić information content (AvgIpc) is 2.96. The first kappa shape index (κ1) is 18.7. The first-order valence-corrected chi connectivity index (χ1v) is 8.39. The Morgan fingerprint density at radius 2 is 1.90 bits per heavy atom. The minimum absolute atomic E-state index is 0. The number of nitrogens with two attached hydrogens (primary N) is 1. The fraction of sp³-hybridized carbons (Fsp3) is 0.938. The molecule has 4 nitrogen and oxygen atoms in total. The van der Waals surface area contributed by atoms with Gasteiger partial charge < -0.3 is 15.4 Å². The minimum atomic E-state index is -0.237. The molecule has 0 aromatic heterocycles. The van der Waals surface area contributed by atoms with E-state index < -0.39 is 0 Å². The molecule has 0 bridgehead atoms. The standard InChI is InChI=1S/C16H30N2O2.ClH/c1-2-10-18(12-13-6-4-3-5-7-13)16(19)15-9-8-14(11-17)20-15;/h13-15H,2-12,17H2,1H3;1H/t14-,15+;/m1./s1. The van der Waals surface area contributed by atoms with Gasteiger partial charge in [-0.15, -0.1) is 12.4 Å². The fourth-order valence-electron chi connectivity index (χ4n) is 3.51. The molecular formula is C16H31ClN2O2. The lowest BCUT2D eigenvalue weighted by atomic mass is 9.89. The second-order valence-corrected chi connectivity index (χ2v) is 6.35. The number of rotatable bonds is 6. The molecule has 2 N–H and O–H groups in total. The van der Waals surface area contributed by atoms with Crippen LogP contribution in [0.4, 0.5) is 0 Å². The second-order valence-electron chi connectivity index (χ2n) is 6.35. The summed E-state index contributed by atoms with van der Waals surface area (Å²) in [6.45, 7) is 4.46. The molecule has 1 saturated heterocycles. The SMILES string of the molecule is CCCN(CC1CCCCC1)C(=O)[C@@H]1CC[C@H](CN)O1.Cl. The van der Waals surface area contributed by atoms with Crippen molar-refractivity contribution in [3.05, 3.63) is 0 Å².